The average Bonchev–Trinajstić information content (AvgIpc) is 3.13. The third-order valence-corrected chi connectivity index (χ3v) is 4.78. The number of nitrogens with zero attached hydrogens (tertiary/aromatic N) is 2. The molecule has 1 aromatic carbocycles. The summed E-state index contributed by atoms with van der Waals surface area (Å²) >= 11 is 0. The fraction of sp³-hybridized carbons (Fsp3) is 0.421. The zero-order chi connectivity index (χ0) is 19.4. The van der Waals surface area contributed by atoms with Crippen molar-refractivity contribution in [3.63, 3.8) is 0 Å². The fourth-order valence-electron chi connectivity index (χ4n) is 3.03. The third-order valence-electron chi connectivity index (χ3n) is 4.78. The van der Waals surface area contributed by atoms with Gasteiger partial charge in [-0.3, -0.25) is 9.69 Å². The molecule has 1 fully saturated rings. The van der Waals surface area contributed by atoms with Gasteiger partial charge in [0.1, 0.15) is 0 Å². The van der Waals surface area contributed by atoms with Crippen molar-refractivity contribution in [1.82, 2.24) is 20.1 Å². The molecule has 0 unspecified atom stereocenters. The molecule has 1 saturated heterocycles. The van der Waals surface area contributed by atoms with Crippen LogP contribution in [0, 0.1) is 0 Å². The van der Waals surface area contributed by atoms with E-state index in [1.807, 2.05) is 0 Å². The molecule has 0 radical (unpaired) electrons. The lowest BCUT2D eigenvalue weighted by Crippen LogP contribution is -2.46. The van der Waals surface area contributed by atoms with Crippen molar-refractivity contribution in [3.8, 4) is 11.3 Å². The van der Waals surface area contributed by atoms with Crippen LogP contribution in [0.15, 0.2) is 36.5 Å². The normalized spacial score (nSPS) is 16.4. The SMILES string of the molecule is CN1CCN(CCNC(=O)c2c[nH]c(-c3ccc(C(F)(F)F)cc3)c2)CC1. The number of H-pyrrole nitrogens is 1. The van der Waals surface area contributed by atoms with Crippen LogP contribution in [-0.2, 0) is 6.18 Å². The van der Waals surface area contributed by atoms with Gasteiger partial charge < -0.3 is 15.2 Å². The number of amides is 1. The van der Waals surface area contributed by atoms with Gasteiger partial charge in [-0.2, -0.15) is 13.2 Å². The molecule has 0 atom stereocenters. The van der Waals surface area contributed by atoms with E-state index in [-0.39, 0.29) is 5.91 Å². The lowest BCUT2D eigenvalue weighted by atomic mass is 10.1. The average molecular weight is 380 g/mol. The molecule has 0 spiro atoms. The maximum absolute atomic E-state index is 12.6. The predicted octanol–water partition coefficient (Wildman–Crippen LogP) is 2.68. The molecule has 0 saturated carbocycles. The van der Waals surface area contributed by atoms with Crippen molar-refractivity contribution in [2.24, 2.45) is 0 Å². The Labute approximate surface area is 156 Å². The van der Waals surface area contributed by atoms with Crippen molar-refractivity contribution in [2.45, 2.75) is 6.18 Å². The van der Waals surface area contributed by atoms with Crippen molar-refractivity contribution in [1.29, 1.82) is 0 Å². The van der Waals surface area contributed by atoms with Crippen LogP contribution in [0.5, 0.6) is 0 Å². The molecule has 146 valence electrons. The van der Waals surface area contributed by atoms with Gasteiger partial charge in [0.2, 0.25) is 0 Å². The summed E-state index contributed by atoms with van der Waals surface area (Å²) in [7, 11) is 2.10. The minimum Gasteiger partial charge on any atom is -0.360 e. The molecule has 8 heteroatoms. The second-order valence-corrected chi connectivity index (χ2v) is 6.78. The van der Waals surface area contributed by atoms with Crippen LogP contribution < -0.4 is 5.32 Å². The van der Waals surface area contributed by atoms with E-state index in [2.05, 4.69) is 27.1 Å². The summed E-state index contributed by atoms with van der Waals surface area (Å²) in [6, 6.07) is 6.50. The number of likely N-dealkylation sites (N-methyl/N-ethyl adjacent to an activating group) is 1. The summed E-state index contributed by atoms with van der Waals surface area (Å²) in [4.78, 5) is 19.8. The molecule has 5 nitrogen and oxygen atoms in total. The first-order valence-corrected chi connectivity index (χ1v) is 8.88. The molecule has 2 aromatic rings. The number of hydrogen-bond donors (Lipinski definition) is 2. The number of alkyl halides is 3. The largest absolute Gasteiger partial charge is 0.416 e. The van der Waals surface area contributed by atoms with E-state index < -0.39 is 11.7 Å². The van der Waals surface area contributed by atoms with Crippen LogP contribution in [0.25, 0.3) is 11.3 Å². The number of benzene rings is 1. The molecule has 2 N–H and O–H groups in total. The molecule has 0 bridgehead atoms. The first kappa shape index (κ1) is 19.4. The van der Waals surface area contributed by atoms with Crippen molar-refractivity contribution >= 4 is 5.91 Å². The summed E-state index contributed by atoms with van der Waals surface area (Å²) < 4.78 is 37.9. The highest BCUT2D eigenvalue weighted by Gasteiger charge is 2.30. The zero-order valence-corrected chi connectivity index (χ0v) is 15.1. The molecule has 3 rings (SSSR count). The maximum Gasteiger partial charge on any atom is 0.416 e. The van der Waals surface area contributed by atoms with Crippen LogP contribution >= 0.6 is 0 Å². The number of hydrogen-bond acceptors (Lipinski definition) is 3. The Balaban J connectivity index is 1.53. The Morgan fingerprint density at radius 3 is 2.44 bits per heavy atom. The molecule has 0 aliphatic carbocycles. The summed E-state index contributed by atoms with van der Waals surface area (Å²) in [6.45, 7) is 5.41. The van der Waals surface area contributed by atoms with Gasteiger partial charge in [0.15, 0.2) is 0 Å². The quantitative estimate of drug-likeness (QED) is 0.839. The van der Waals surface area contributed by atoms with Crippen molar-refractivity contribution in [2.75, 3.05) is 46.3 Å². The van der Waals surface area contributed by atoms with Gasteiger partial charge in [-0.15, -0.1) is 0 Å². The molecule has 1 aliphatic heterocycles. The second-order valence-electron chi connectivity index (χ2n) is 6.78. The number of nitrogens with one attached hydrogen (secondary N) is 2. The van der Waals surface area contributed by atoms with Gasteiger partial charge >= 0.3 is 6.18 Å². The molecule has 1 aromatic heterocycles. The summed E-state index contributed by atoms with van der Waals surface area (Å²) in [5.41, 5.74) is 0.968. The summed E-state index contributed by atoms with van der Waals surface area (Å²) in [5, 5.41) is 2.89. The first-order valence-electron chi connectivity index (χ1n) is 8.88. The van der Waals surface area contributed by atoms with E-state index in [4.69, 9.17) is 0 Å². The van der Waals surface area contributed by atoms with Gasteiger partial charge in [-0.1, -0.05) is 12.1 Å². The Bertz CT molecular complexity index is 762. The summed E-state index contributed by atoms with van der Waals surface area (Å²) in [6.07, 6.45) is -2.79. The Kier molecular flexibility index (Phi) is 5.86. The van der Waals surface area contributed by atoms with E-state index in [1.165, 1.54) is 12.1 Å². The summed E-state index contributed by atoms with van der Waals surface area (Å²) in [5.74, 6) is -0.196. The smallest absolute Gasteiger partial charge is 0.360 e. The van der Waals surface area contributed by atoms with Crippen LogP contribution in [0.2, 0.25) is 0 Å². The molecule has 1 amide bonds. The number of carbonyl (C=O) groups is 1. The predicted molar refractivity (Wildman–Crippen MR) is 97.5 cm³/mol. The van der Waals surface area contributed by atoms with E-state index >= 15 is 0 Å². The topological polar surface area (TPSA) is 51.4 Å². The molecule has 1 aliphatic rings. The van der Waals surface area contributed by atoms with Gasteiger partial charge in [0.05, 0.1) is 11.1 Å². The first-order chi connectivity index (χ1) is 12.8. The minimum absolute atomic E-state index is 0.196. The lowest BCUT2D eigenvalue weighted by molar-refractivity contribution is -0.137. The fourth-order valence-corrected chi connectivity index (χ4v) is 3.03. The Morgan fingerprint density at radius 1 is 1.15 bits per heavy atom. The van der Waals surface area contributed by atoms with E-state index in [9.17, 15) is 18.0 Å². The molecule has 2 heterocycles. The van der Waals surface area contributed by atoms with Crippen LogP contribution in [0.4, 0.5) is 13.2 Å². The maximum atomic E-state index is 12.6. The second kappa shape index (κ2) is 8.14. The highest BCUT2D eigenvalue weighted by Crippen LogP contribution is 2.30. The number of rotatable bonds is 5. The number of aromatic nitrogens is 1. The number of halogens is 3. The van der Waals surface area contributed by atoms with Gasteiger partial charge in [0.25, 0.3) is 5.91 Å². The van der Waals surface area contributed by atoms with E-state index in [1.54, 1.807) is 12.3 Å². The lowest BCUT2D eigenvalue weighted by Gasteiger charge is -2.32. The highest BCUT2D eigenvalue weighted by molar-refractivity contribution is 5.95. The van der Waals surface area contributed by atoms with Crippen LogP contribution in [0.3, 0.4) is 0 Å². The number of piperazine rings is 1. The number of aromatic amines is 1. The van der Waals surface area contributed by atoms with Gasteiger partial charge in [0, 0.05) is 51.2 Å². The van der Waals surface area contributed by atoms with Gasteiger partial charge in [-0.05, 0) is 30.8 Å². The van der Waals surface area contributed by atoms with Crippen LogP contribution in [0.1, 0.15) is 15.9 Å². The zero-order valence-electron chi connectivity index (χ0n) is 15.1. The highest BCUT2D eigenvalue weighted by atomic mass is 19.4. The standard InChI is InChI=1S/C19H23F3N4O/c1-25-8-10-26(11-9-25)7-6-23-18(27)15-12-17(24-13-15)14-2-4-16(5-3-14)19(20,21)22/h2-5,12-13,24H,6-11H2,1H3,(H,23,27). The molecular weight excluding hydrogens is 357 g/mol. The van der Waals surface area contributed by atoms with Crippen molar-refractivity contribution < 1.29 is 18.0 Å². The van der Waals surface area contributed by atoms with Crippen molar-refractivity contribution in [3.05, 3.63) is 47.7 Å². The number of carbonyl (C=O) groups excluding carboxylic acids is 1. The third kappa shape index (κ3) is 5.11. The minimum atomic E-state index is -4.36. The van der Waals surface area contributed by atoms with E-state index in [0.717, 1.165) is 44.9 Å². The van der Waals surface area contributed by atoms with Crippen LogP contribution in [-0.4, -0.2) is 67.0 Å². The van der Waals surface area contributed by atoms with Gasteiger partial charge in [-0.25, -0.2) is 0 Å². The monoisotopic (exact) mass is 380 g/mol. The Hall–Kier alpha value is -2.32. The van der Waals surface area contributed by atoms with E-state index in [0.29, 0.717) is 23.4 Å². The Morgan fingerprint density at radius 2 is 1.81 bits per heavy atom. The molecule has 27 heavy (non-hydrogen) atoms. The molecular formula is C19H23F3N4O.